The minimum atomic E-state index is -3.80. The summed E-state index contributed by atoms with van der Waals surface area (Å²) in [5.74, 6) is 0.555. The molecule has 2 aromatic rings. The second-order valence-electron chi connectivity index (χ2n) is 6.93. The zero-order valence-electron chi connectivity index (χ0n) is 16.2. The lowest BCUT2D eigenvalue weighted by Gasteiger charge is -2.33. The van der Waals surface area contributed by atoms with Crippen LogP contribution in [-0.4, -0.2) is 38.4 Å². The Balaban J connectivity index is 1.78. The number of nitrogens with one attached hydrogen (secondary N) is 1. The van der Waals surface area contributed by atoms with Crippen molar-refractivity contribution >= 4 is 21.6 Å². The van der Waals surface area contributed by atoms with E-state index in [2.05, 4.69) is 4.72 Å². The minimum absolute atomic E-state index is 0.0666. The fourth-order valence-corrected chi connectivity index (χ4v) is 4.47. The van der Waals surface area contributed by atoms with Crippen LogP contribution in [-0.2, 0) is 10.0 Å². The van der Waals surface area contributed by atoms with Crippen LogP contribution in [0.1, 0.15) is 43.5 Å². The maximum Gasteiger partial charge on any atom is 0.261 e. The molecule has 0 spiro atoms. The van der Waals surface area contributed by atoms with Gasteiger partial charge in [0.2, 0.25) is 0 Å². The molecule has 1 aliphatic heterocycles. The zero-order chi connectivity index (χ0) is 20.1. The lowest BCUT2D eigenvalue weighted by Crippen LogP contribution is -2.42. The van der Waals surface area contributed by atoms with E-state index < -0.39 is 10.0 Å². The van der Waals surface area contributed by atoms with Gasteiger partial charge in [-0.15, -0.1) is 0 Å². The topological polar surface area (TPSA) is 75.7 Å². The van der Waals surface area contributed by atoms with E-state index in [1.165, 1.54) is 12.1 Å². The van der Waals surface area contributed by atoms with E-state index in [-0.39, 0.29) is 16.8 Å². The summed E-state index contributed by atoms with van der Waals surface area (Å²) in [7, 11) is -3.80. The predicted octanol–water partition coefficient (Wildman–Crippen LogP) is 3.90. The van der Waals surface area contributed by atoms with Gasteiger partial charge in [-0.3, -0.25) is 9.52 Å². The van der Waals surface area contributed by atoms with Gasteiger partial charge in [0, 0.05) is 23.8 Å². The number of benzene rings is 2. The average molecular weight is 403 g/mol. The summed E-state index contributed by atoms with van der Waals surface area (Å²) in [6.45, 7) is 5.17. The number of anilines is 1. The van der Waals surface area contributed by atoms with Gasteiger partial charge in [0.1, 0.15) is 5.75 Å². The highest BCUT2D eigenvalue weighted by atomic mass is 32.2. The molecule has 6 nitrogen and oxygen atoms in total. The molecule has 2 aromatic carbocycles. The van der Waals surface area contributed by atoms with E-state index in [4.69, 9.17) is 4.74 Å². The molecular weight excluding hydrogens is 376 g/mol. The minimum Gasteiger partial charge on any atom is -0.494 e. The Kier molecular flexibility index (Phi) is 6.24. The summed E-state index contributed by atoms with van der Waals surface area (Å²) in [5.41, 5.74) is 0.827. The Morgan fingerprint density at radius 1 is 1.18 bits per heavy atom. The van der Waals surface area contributed by atoms with Crippen molar-refractivity contribution in [2.75, 3.05) is 17.9 Å². The highest BCUT2D eigenvalue weighted by molar-refractivity contribution is 7.92. The molecule has 150 valence electrons. The number of rotatable bonds is 6. The number of carbonyl (C=O) groups excluding carboxylic acids is 1. The van der Waals surface area contributed by atoms with Crippen LogP contribution in [0.3, 0.4) is 0 Å². The van der Waals surface area contributed by atoms with Crippen LogP contribution < -0.4 is 9.46 Å². The number of sulfonamides is 1. The Labute approximate surface area is 166 Å². The normalized spacial score (nSPS) is 17.2. The molecule has 0 radical (unpaired) electrons. The fraction of sp³-hybridized carbons (Fsp3) is 0.381. The molecule has 1 aliphatic rings. The van der Waals surface area contributed by atoms with Crippen molar-refractivity contribution in [3.05, 3.63) is 54.1 Å². The van der Waals surface area contributed by atoms with Gasteiger partial charge < -0.3 is 9.64 Å². The molecule has 1 atom stereocenters. The number of piperidine rings is 1. The van der Waals surface area contributed by atoms with Gasteiger partial charge in [-0.1, -0.05) is 6.07 Å². The van der Waals surface area contributed by atoms with Crippen molar-refractivity contribution in [1.82, 2.24) is 4.90 Å². The molecule has 1 N–H and O–H groups in total. The standard InChI is InChI=1S/C21H26N2O4S/c1-3-27-19-12-10-18(11-13-19)22-28(25,26)20-9-6-8-17(15-20)21(24)23-14-5-4-7-16(23)2/h6,8-13,15-16,22H,3-5,7,14H2,1-2H3. The highest BCUT2D eigenvalue weighted by Gasteiger charge is 2.25. The lowest BCUT2D eigenvalue weighted by molar-refractivity contribution is 0.0635. The number of nitrogens with zero attached hydrogens (tertiary/aromatic N) is 1. The van der Waals surface area contributed by atoms with E-state index in [0.29, 0.717) is 30.2 Å². The van der Waals surface area contributed by atoms with Gasteiger partial charge in [-0.2, -0.15) is 0 Å². The van der Waals surface area contributed by atoms with Crippen molar-refractivity contribution in [3.8, 4) is 5.75 Å². The van der Waals surface area contributed by atoms with Crippen molar-refractivity contribution in [3.63, 3.8) is 0 Å². The molecule has 1 heterocycles. The molecule has 7 heteroatoms. The molecule has 1 saturated heterocycles. The molecule has 0 aliphatic carbocycles. The first-order chi connectivity index (χ1) is 13.4. The third-order valence-corrected chi connectivity index (χ3v) is 6.25. The van der Waals surface area contributed by atoms with Crippen LogP contribution in [0.5, 0.6) is 5.75 Å². The first-order valence-electron chi connectivity index (χ1n) is 9.57. The van der Waals surface area contributed by atoms with E-state index >= 15 is 0 Å². The number of likely N-dealkylation sites (tertiary alicyclic amines) is 1. The van der Waals surface area contributed by atoms with Crippen molar-refractivity contribution in [2.24, 2.45) is 0 Å². The number of hydrogen-bond donors (Lipinski definition) is 1. The zero-order valence-corrected chi connectivity index (χ0v) is 17.0. The van der Waals surface area contributed by atoms with Crippen LogP contribution in [0, 0.1) is 0 Å². The quantitative estimate of drug-likeness (QED) is 0.795. The Hall–Kier alpha value is -2.54. The van der Waals surface area contributed by atoms with E-state index in [1.807, 2.05) is 18.7 Å². The van der Waals surface area contributed by atoms with Crippen LogP contribution in [0.2, 0.25) is 0 Å². The van der Waals surface area contributed by atoms with E-state index in [9.17, 15) is 13.2 Å². The number of carbonyl (C=O) groups is 1. The summed E-state index contributed by atoms with van der Waals surface area (Å²) in [5, 5.41) is 0. The first-order valence-corrected chi connectivity index (χ1v) is 11.1. The third-order valence-electron chi connectivity index (χ3n) is 4.87. The maximum absolute atomic E-state index is 12.8. The molecule has 28 heavy (non-hydrogen) atoms. The second-order valence-corrected chi connectivity index (χ2v) is 8.62. The molecular formula is C21H26N2O4S. The Bertz CT molecular complexity index is 926. The molecule has 1 amide bonds. The van der Waals surface area contributed by atoms with Gasteiger partial charge in [0.25, 0.3) is 15.9 Å². The van der Waals surface area contributed by atoms with Crippen molar-refractivity contribution < 1.29 is 17.9 Å². The predicted molar refractivity (Wildman–Crippen MR) is 109 cm³/mol. The number of amides is 1. The summed E-state index contributed by atoms with van der Waals surface area (Å²) < 4.78 is 33.4. The molecule has 1 unspecified atom stereocenters. The second kappa shape index (κ2) is 8.65. The molecule has 0 bridgehead atoms. The molecule has 1 fully saturated rings. The summed E-state index contributed by atoms with van der Waals surface area (Å²) in [4.78, 5) is 14.7. The van der Waals surface area contributed by atoms with Gasteiger partial charge in [0.05, 0.1) is 11.5 Å². The van der Waals surface area contributed by atoms with E-state index in [1.54, 1.807) is 36.4 Å². The average Bonchev–Trinajstić information content (AvgIpc) is 2.69. The summed E-state index contributed by atoms with van der Waals surface area (Å²) >= 11 is 0. The fourth-order valence-electron chi connectivity index (χ4n) is 3.36. The Morgan fingerprint density at radius 2 is 1.93 bits per heavy atom. The SMILES string of the molecule is CCOc1ccc(NS(=O)(=O)c2cccc(C(=O)N3CCCCC3C)c2)cc1. The van der Waals surface area contributed by atoms with Crippen molar-refractivity contribution in [1.29, 1.82) is 0 Å². The number of ether oxygens (including phenoxy) is 1. The van der Waals surface area contributed by atoms with Crippen LogP contribution in [0.15, 0.2) is 53.4 Å². The van der Waals surface area contributed by atoms with Crippen LogP contribution in [0.25, 0.3) is 0 Å². The largest absolute Gasteiger partial charge is 0.494 e. The number of hydrogen-bond acceptors (Lipinski definition) is 4. The smallest absolute Gasteiger partial charge is 0.261 e. The van der Waals surface area contributed by atoms with Crippen LogP contribution in [0.4, 0.5) is 5.69 Å². The van der Waals surface area contributed by atoms with Gasteiger partial charge in [-0.25, -0.2) is 8.42 Å². The van der Waals surface area contributed by atoms with Gasteiger partial charge in [0.15, 0.2) is 0 Å². The van der Waals surface area contributed by atoms with E-state index in [0.717, 1.165) is 19.3 Å². The van der Waals surface area contributed by atoms with Gasteiger partial charge in [-0.05, 0) is 75.6 Å². The lowest BCUT2D eigenvalue weighted by atomic mass is 10.0. The Morgan fingerprint density at radius 3 is 2.61 bits per heavy atom. The van der Waals surface area contributed by atoms with Crippen LogP contribution >= 0.6 is 0 Å². The molecule has 0 saturated carbocycles. The maximum atomic E-state index is 12.8. The van der Waals surface area contributed by atoms with Crippen molar-refractivity contribution in [2.45, 2.75) is 44.0 Å². The highest BCUT2D eigenvalue weighted by Crippen LogP contribution is 2.23. The molecule has 0 aromatic heterocycles. The summed E-state index contributed by atoms with van der Waals surface area (Å²) in [6, 6.07) is 13.1. The summed E-state index contributed by atoms with van der Waals surface area (Å²) in [6.07, 6.45) is 3.07. The third kappa shape index (κ3) is 4.65. The van der Waals surface area contributed by atoms with Gasteiger partial charge >= 0.3 is 0 Å². The first kappa shape index (κ1) is 20.2. The molecule has 3 rings (SSSR count). The monoisotopic (exact) mass is 402 g/mol.